The van der Waals surface area contributed by atoms with Gasteiger partial charge in [-0.05, 0) is 41.9 Å². The summed E-state index contributed by atoms with van der Waals surface area (Å²) in [7, 11) is 0. The Hall–Kier alpha value is -1.34. The van der Waals surface area contributed by atoms with Crippen molar-refractivity contribution in [3.05, 3.63) is 27.7 Å². The Balaban J connectivity index is 3.43. The van der Waals surface area contributed by atoms with E-state index < -0.39 is 0 Å². The third-order valence-electron chi connectivity index (χ3n) is 1.89. The maximum Gasteiger partial charge on any atom is 0.163 e. The highest BCUT2D eigenvalue weighted by Gasteiger charge is 2.15. The van der Waals surface area contributed by atoms with Crippen molar-refractivity contribution in [3.8, 4) is 11.8 Å². The van der Waals surface area contributed by atoms with E-state index in [1.807, 2.05) is 13.0 Å². The second-order valence-electron chi connectivity index (χ2n) is 2.90. The summed E-state index contributed by atoms with van der Waals surface area (Å²) >= 11 is 3.25. The highest BCUT2D eigenvalue weighted by Crippen LogP contribution is 2.30. The van der Waals surface area contributed by atoms with E-state index in [1.165, 1.54) is 6.92 Å². The van der Waals surface area contributed by atoms with Gasteiger partial charge in [0.05, 0.1) is 12.2 Å². The molecule has 0 saturated heterocycles. The van der Waals surface area contributed by atoms with E-state index in [0.717, 1.165) is 0 Å². The van der Waals surface area contributed by atoms with Gasteiger partial charge in [-0.1, -0.05) is 0 Å². The van der Waals surface area contributed by atoms with Crippen LogP contribution in [0, 0.1) is 11.3 Å². The van der Waals surface area contributed by atoms with Gasteiger partial charge in [-0.25, -0.2) is 0 Å². The Labute approximate surface area is 96.8 Å². The monoisotopic (exact) mass is 267 g/mol. The molecule has 15 heavy (non-hydrogen) atoms. The molecule has 1 rings (SSSR count). The highest BCUT2D eigenvalue weighted by molar-refractivity contribution is 9.10. The maximum absolute atomic E-state index is 11.3. The van der Waals surface area contributed by atoms with E-state index in [4.69, 9.17) is 10.00 Å². The van der Waals surface area contributed by atoms with E-state index in [0.29, 0.717) is 28.0 Å². The number of carbonyl (C=O) groups is 1. The normalized spacial score (nSPS) is 9.47. The Morgan fingerprint density at radius 2 is 2.27 bits per heavy atom. The summed E-state index contributed by atoms with van der Waals surface area (Å²) < 4.78 is 5.97. The van der Waals surface area contributed by atoms with Crippen LogP contribution in [0.1, 0.15) is 29.8 Å². The smallest absolute Gasteiger partial charge is 0.163 e. The summed E-state index contributed by atoms with van der Waals surface area (Å²) in [4.78, 5) is 11.3. The second-order valence-corrected chi connectivity index (χ2v) is 3.75. The minimum atomic E-state index is -0.109. The van der Waals surface area contributed by atoms with Crippen molar-refractivity contribution >= 4 is 21.7 Å². The van der Waals surface area contributed by atoms with Crippen LogP contribution in [0.25, 0.3) is 0 Å². The number of hydrogen-bond acceptors (Lipinski definition) is 3. The minimum Gasteiger partial charge on any atom is -0.492 e. The van der Waals surface area contributed by atoms with Crippen LogP contribution in [-0.2, 0) is 0 Å². The summed E-state index contributed by atoms with van der Waals surface area (Å²) in [6, 6.07) is 5.35. The molecule has 0 aliphatic rings. The summed E-state index contributed by atoms with van der Waals surface area (Å²) in [5.74, 6) is 0.254. The van der Waals surface area contributed by atoms with Crippen molar-refractivity contribution in [1.29, 1.82) is 5.26 Å². The lowest BCUT2D eigenvalue weighted by atomic mass is 10.1. The van der Waals surface area contributed by atoms with Gasteiger partial charge in [-0.15, -0.1) is 0 Å². The number of benzene rings is 1. The van der Waals surface area contributed by atoms with E-state index >= 15 is 0 Å². The fraction of sp³-hybridized carbons (Fsp3) is 0.273. The third kappa shape index (κ3) is 2.37. The van der Waals surface area contributed by atoms with Crippen LogP contribution in [-0.4, -0.2) is 12.4 Å². The number of nitrogens with zero attached hydrogens (tertiary/aromatic N) is 1. The predicted octanol–water partition coefficient (Wildman–Crippen LogP) is 2.92. The molecule has 0 aliphatic heterocycles. The third-order valence-corrected chi connectivity index (χ3v) is 2.55. The molecular weight excluding hydrogens is 258 g/mol. The molecule has 4 heteroatoms. The molecule has 0 bridgehead atoms. The molecule has 0 heterocycles. The maximum atomic E-state index is 11.3. The Kier molecular flexibility index (Phi) is 3.87. The molecule has 0 amide bonds. The number of nitriles is 1. The van der Waals surface area contributed by atoms with Gasteiger partial charge in [-0.3, -0.25) is 4.79 Å². The minimum absolute atomic E-state index is 0.109. The van der Waals surface area contributed by atoms with Crippen LogP contribution in [0.3, 0.4) is 0 Å². The van der Waals surface area contributed by atoms with Gasteiger partial charge in [0, 0.05) is 4.47 Å². The molecule has 0 aromatic heterocycles. The van der Waals surface area contributed by atoms with Gasteiger partial charge in [0.15, 0.2) is 5.78 Å². The summed E-state index contributed by atoms with van der Waals surface area (Å²) in [6.07, 6.45) is 0. The van der Waals surface area contributed by atoms with Crippen molar-refractivity contribution < 1.29 is 9.53 Å². The Morgan fingerprint density at radius 1 is 1.60 bits per heavy atom. The average Bonchev–Trinajstić information content (AvgIpc) is 2.18. The van der Waals surface area contributed by atoms with Gasteiger partial charge in [0.25, 0.3) is 0 Å². The van der Waals surface area contributed by atoms with Crippen LogP contribution in [0.2, 0.25) is 0 Å². The standard InChI is InChI=1S/C11H10BrNO2/c1-3-15-11-8(7(2)14)4-5-10(12)9(11)6-13/h4-5H,3H2,1-2H3. The van der Waals surface area contributed by atoms with E-state index in [2.05, 4.69) is 15.9 Å². The van der Waals surface area contributed by atoms with Gasteiger partial charge >= 0.3 is 0 Å². The molecule has 0 saturated carbocycles. The molecule has 0 N–H and O–H groups in total. The topological polar surface area (TPSA) is 50.1 Å². The summed E-state index contributed by atoms with van der Waals surface area (Å²) in [5.41, 5.74) is 0.807. The first-order valence-corrected chi connectivity index (χ1v) is 5.27. The average molecular weight is 268 g/mol. The van der Waals surface area contributed by atoms with Gasteiger partial charge in [-0.2, -0.15) is 5.26 Å². The quantitative estimate of drug-likeness (QED) is 0.792. The zero-order valence-corrected chi connectivity index (χ0v) is 10.1. The van der Waals surface area contributed by atoms with Crippen LogP contribution in [0.15, 0.2) is 16.6 Å². The molecular formula is C11H10BrNO2. The van der Waals surface area contributed by atoms with Gasteiger partial charge in [0.1, 0.15) is 17.4 Å². The van der Waals surface area contributed by atoms with Gasteiger partial charge in [0.2, 0.25) is 0 Å². The van der Waals surface area contributed by atoms with E-state index in [9.17, 15) is 4.79 Å². The molecule has 0 fully saturated rings. The van der Waals surface area contributed by atoms with Crippen molar-refractivity contribution in [3.63, 3.8) is 0 Å². The number of hydrogen-bond donors (Lipinski definition) is 0. The number of rotatable bonds is 3. The van der Waals surface area contributed by atoms with Gasteiger partial charge < -0.3 is 4.74 Å². The zero-order valence-electron chi connectivity index (χ0n) is 8.50. The number of carbonyl (C=O) groups excluding carboxylic acids is 1. The molecule has 1 aromatic rings. The fourth-order valence-corrected chi connectivity index (χ4v) is 1.64. The number of ketones is 1. The lowest BCUT2D eigenvalue weighted by Crippen LogP contribution is -2.03. The number of halogens is 1. The van der Waals surface area contributed by atoms with Crippen molar-refractivity contribution in [2.45, 2.75) is 13.8 Å². The summed E-state index contributed by atoms with van der Waals surface area (Å²) in [6.45, 7) is 3.68. The molecule has 0 radical (unpaired) electrons. The fourth-order valence-electron chi connectivity index (χ4n) is 1.23. The number of Topliss-reactive ketones (excluding diaryl/α,β-unsaturated/α-hetero) is 1. The molecule has 0 spiro atoms. The van der Waals surface area contributed by atoms with Crippen LogP contribution in [0.5, 0.6) is 5.75 Å². The molecule has 0 atom stereocenters. The summed E-state index contributed by atoms with van der Waals surface area (Å²) in [5, 5.41) is 8.96. The van der Waals surface area contributed by atoms with E-state index in [-0.39, 0.29) is 5.78 Å². The molecule has 1 aromatic carbocycles. The first-order chi connectivity index (χ1) is 7.11. The molecule has 0 unspecified atom stereocenters. The lowest BCUT2D eigenvalue weighted by Gasteiger charge is -2.10. The first-order valence-electron chi connectivity index (χ1n) is 4.48. The zero-order chi connectivity index (χ0) is 11.4. The second kappa shape index (κ2) is 4.94. The predicted molar refractivity (Wildman–Crippen MR) is 60.0 cm³/mol. The largest absolute Gasteiger partial charge is 0.492 e. The molecule has 0 aliphatic carbocycles. The molecule has 3 nitrogen and oxygen atoms in total. The van der Waals surface area contributed by atoms with Crippen molar-refractivity contribution in [1.82, 2.24) is 0 Å². The van der Waals surface area contributed by atoms with Crippen LogP contribution >= 0.6 is 15.9 Å². The van der Waals surface area contributed by atoms with Crippen molar-refractivity contribution in [2.75, 3.05) is 6.61 Å². The van der Waals surface area contributed by atoms with Crippen LogP contribution in [0.4, 0.5) is 0 Å². The van der Waals surface area contributed by atoms with Crippen LogP contribution < -0.4 is 4.74 Å². The Bertz CT molecular complexity index is 435. The SMILES string of the molecule is CCOc1c(C(C)=O)ccc(Br)c1C#N. The Morgan fingerprint density at radius 3 is 2.73 bits per heavy atom. The first kappa shape index (κ1) is 11.7. The molecule has 78 valence electrons. The van der Waals surface area contributed by atoms with Crippen molar-refractivity contribution in [2.24, 2.45) is 0 Å². The lowest BCUT2D eigenvalue weighted by molar-refractivity contribution is 0.101. The number of ether oxygens (including phenoxy) is 1. The van der Waals surface area contributed by atoms with E-state index in [1.54, 1.807) is 12.1 Å². The highest BCUT2D eigenvalue weighted by atomic mass is 79.9.